The highest BCUT2D eigenvalue weighted by molar-refractivity contribution is 8.26. The fourth-order valence-electron chi connectivity index (χ4n) is 2.69. The summed E-state index contributed by atoms with van der Waals surface area (Å²) < 4.78 is 16.0. The van der Waals surface area contributed by atoms with Crippen molar-refractivity contribution in [1.82, 2.24) is 10.1 Å². The van der Waals surface area contributed by atoms with Gasteiger partial charge in [0.15, 0.2) is 17.3 Å². The van der Waals surface area contributed by atoms with E-state index < -0.39 is 0 Å². The highest BCUT2D eigenvalue weighted by atomic mass is 32.2. The van der Waals surface area contributed by atoms with Crippen molar-refractivity contribution in [2.75, 3.05) is 18.7 Å². The molecule has 1 aromatic heterocycles. The molecule has 28 heavy (non-hydrogen) atoms. The van der Waals surface area contributed by atoms with E-state index in [4.69, 9.17) is 26.2 Å². The predicted molar refractivity (Wildman–Crippen MR) is 107 cm³/mol. The number of aromatic nitrogens is 1. The number of anilines is 1. The Balaban J connectivity index is 1.39. The van der Waals surface area contributed by atoms with Gasteiger partial charge in [-0.2, -0.15) is 0 Å². The molecule has 1 aromatic carbocycles. The molecule has 0 atom stereocenters. The monoisotopic (exact) mass is 417 g/mol. The second-order valence-corrected chi connectivity index (χ2v) is 7.74. The number of aryl methyl sites for hydroxylation is 1. The number of carbonyl (C=O) groups is 2. The quantitative estimate of drug-likeness (QED) is 0.586. The molecule has 1 saturated heterocycles. The number of nitrogens with zero attached hydrogens (tertiary/aromatic N) is 2. The normalized spacial score (nSPS) is 16.9. The molecule has 2 aliphatic rings. The molecule has 144 valence electrons. The molecule has 8 nitrogen and oxygen atoms in total. The minimum atomic E-state index is -0.276. The van der Waals surface area contributed by atoms with Crippen molar-refractivity contribution in [2.24, 2.45) is 0 Å². The summed E-state index contributed by atoms with van der Waals surface area (Å²) in [6.07, 6.45) is 1.84. The molecule has 2 aromatic rings. The number of thiocarbonyl (C=S) groups is 1. The van der Waals surface area contributed by atoms with Crippen molar-refractivity contribution in [3.63, 3.8) is 0 Å². The standard InChI is InChI=1S/C18H15N3O5S2/c1-10-6-15(20-26-10)19-16(22)4-5-21-17(23)14(28-18(21)27)8-11-2-3-12-13(7-11)25-9-24-12/h2-3,6-8H,4-5,9H2,1H3,(H,19,20,22). The fraction of sp³-hybridized carbons (Fsp3) is 0.222. The van der Waals surface area contributed by atoms with Crippen molar-refractivity contribution in [1.29, 1.82) is 0 Å². The first-order valence-corrected chi connectivity index (χ1v) is 9.60. The van der Waals surface area contributed by atoms with Crippen LogP contribution in [0.3, 0.4) is 0 Å². The summed E-state index contributed by atoms with van der Waals surface area (Å²) >= 11 is 6.51. The van der Waals surface area contributed by atoms with Gasteiger partial charge in [0.1, 0.15) is 10.1 Å². The van der Waals surface area contributed by atoms with Crippen LogP contribution in [0.25, 0.3) is 6.08 Å². The highest BCUT2D eigenvalue weighted by Gasteiger charge is 2.32. The van der Waals surface area contributed by atoms with Gasteiger partial charge in [0.2, 0.25) is 12.7 Å². The molecule has 1 N–H and O–H groups in total. The first-order valence-electron chi connectivity index (χ1n) is 8.38. The van der Waals surface area contributed by atoms with E-state index >= 15 is 0 Å². The van der Waals surface area contributed by atoms with Crippen LogP contribution in [0.5, 0.6) is 11.5 Å². The zero-order chi connectivity index (χ0) is 19.7. The van der Waals surface area contributed by atoms with Crippen LogP contribution in [-0.4, -0.2) is 39.5 Å². The number of hydrogen-bond acceptors (Lipinski definition) is 8. The molecule has 0 unspecified atom stereocenters. The minimum Gasteiger partial charge on any atom is -0.454 e. The smallest absolute Gasteiger partial charge is 0.266 e. The summed E-state index contributed by atoms with van der Waals surface area (Å²) in [5.41, 5.74) is 0.809. The first kappa shape index (κ1) is 18.5. The van der Waals surface area contributed by atoms with E-state index in [0.29, 0.717) is 32.3 Å². The third-order valence-electron chi connectivity index (χ3n) is 4.03. The zero-order valence-electron chi connectivity index (χ0n) is 14.8. The predicted octanol–water partition coefficient (Wildman–Crippen LogP) is 2.94. The first-order chi connectivity index (χ1) is 13.5. The maximum absolute atomic E-state index is 12.7. The lowest BCUT2D eigenvalue weighted by Crippen LogP contribution is -2.31. The average Bonchev–Trinajstić information content (AvgIpc) is 3.34. The van der Waals surface area contributed by atoms with Crippen molar-refractivity contribution >= 4 is 52.0 Å². The SMILES string of the molecule is Cc1cc(NC(=O)CCN2C(=O)C(=Cc3ccc4c(c3)OCO4)SC2=S)no1. The Hall–Kier alpha value is -2.85. The van der Waals surface area contributed by atoms with Crippen LogP contribution >= 0.6 is 24.0 Å². The Morgan fingerprint density at radius 2 is 2.18 bits per heavy atom. The summed E-state index contributed by atoms with van der Waals surface area (Å²) in [6, 6.07) is 7.06. The van der Waals surface area contributed by atoms with Crippen LogP contribution in [-0.2, 0) is 9.59 Å². The van der Waals surface area contributed by atoms with Crippen LogP contribution in [0.2, 0.25) is 0 Å². The van der Waals surface area contributed by atoms with Crippen molar-refractivity contribution in [3.8, 4) is 11.5 Å². The second kappa shape index (κ2) is 7.64. The van der Waals surface area contributed by atoms with Crippen molar-refractivity contribution in [3.05, 3.63) is 40.5 Å². The summed E-state index contributed by atoms with van der Waals surface area (Å²) in [5.74, 6) is 1.76. The van der Waals surface area contributed by atoms with Gasteiger partial charge in [0, 0.05) is 19.0 Å². The molecule has 2 aliphatic heterocycles. The van der Waals surface area contributed by atoms with Gasteiger partial charge in [-0.25, -0.2) is 0 Å². The molecule has 0 spiro atoms. The van der Waals surface area contributed by atoms with Gasteiger partial charge >= 0.3 is 0 Å². The number of fused-ring (bicyclic) bond motifs is 1. The second-order valence-electron chi connectivity index (χ2n) is 6.07. The van der Waals surface area contributed by atoms with Gasteiger partial charge in [-0.3, -0.25) is 14.5 Å². The Morgan fingerprint density at radius 3 is 2.96 bits per heavy atom. The van der Waals surface area contributed by atoms with Crippen LogP contribution in [0.4, 0.5) is 5.82 Å². The molecular weight excluding hydrogens is 402 g/mol. The summed E-state index contributed by atoms with van der Waals surface area (Å²) in [7, 11) is 0. The Labute approximate surface area is 169 Å². The zero-order valence-corrected chi connectivity index (χ0v) is 16.4. The molecule has 0 saturated carbocycles. The van der Waals surface area contributed by atoms with Crippen LogP contribution in [0.15, 0.2) is 33.7 Å². The topological polar surface area (TPSA) is 93.9 Å². The molecule has 0 aliphatic carbocycles. The Morgan fingerprint density at radius 1 is 1.36 bits per heavy atom. The lowest BCUT2D eigenvalue weighted by Gasteiger charge is -2.13. The van der Waals surface area contributed by atoms with Gasteiger partial charge < -0.3 is 19.3 Å². The van der Waals surface area contributed by atoms with E-state index in [0.717, 1.165) is 5.56 Å². The maximum atomic E-state index is 12.7. The number of rotatable bonds is 5. The van der Waals surface area contributed by atoms with Gasteiger partial charge in [0.05, 0.1) is 4.91 Å². The Bertz CT molecular complexity index is 1000. The lowest BCUT2D eigenvalue weighted by atomic mass is 10.2. The van der Waals surface area contributed by atoms with E-state index in [1.807, 2.05) is 12.1 Å². The van der Waals surface area contributed by atoms with Crippen molar-refractivity contribution < 1.29 is 23.6 Å². The lowest BCUT2D eigenvalue weighted by molar-refractivity contribution is -0.122. The number of amides is 2. The molecular formula is C18H15N3O5S2. The molecule has 2 amide bonds. The number of nitrogens with one attached hydrogen (secondary N) is 1. The van der Waals surface area contributed by atoms with E-state index in [9.17, 15) is 9.59 Å². The maximum Gasteiger partial charge on any atom is 0.266 e. The molecule has 3 heterocycles. The molecule has 0 bridgehead atoms. The highest BCUT2D eigenvalue weighted by Crippen LogP contribution is 2.36. The van der Waals surface area contributed by atoms with Crippen molar-refractivity contribution in [2.45, 2.75) is 13.3 Å². The van der Waals surface area contributed by atoms with Gasteiger partial charge in [-0.1, -0.05) is 35.2 Å². The van der Waals surface area contributed by atoms with Gasteiger partial charge in [-0.05, 0) is 30.7 Å². The van der Waals surface area contributed by atoms with Gasteiger partial charge in [-0.15, -0.1) is 0 Å². The molecule has 10 heteroatoms. The van der Waals surface area contributed by atoms with E-state index in [1.165, 1.54) is 16.7 Å². The number of thioether (sulfide) groups is 1. The number of ether oxygens (including phenoxy) is 2. The summed E-state index contributed by atoms with van der Waals surface area (Å²) in [4.78, 5) is 26.6. The number of hydrogen-bond donors (Lipinski definition) is 1. The fourth-order valence-corrected chi connectivity index (χ4v) is 4.00. The van der Waals surface area contributed by atoms with E-state index in [-0.39, 0.29) is 31.6 Å². The number of benzene rings is 1. The van der Waals surface area contributed by atoms with Crippen LogP contribution in [0, 0.1) is 6.92 Å². The largest absolute Gasteiger partial charge is 0.454 e. The summed E-state index contributed by atoms with van der Waals surface area (Å²) in [5, 5.41) is 6.32. The molecule has 4 rings (SSSR count). The van der Waals surface area contributed by atoms with Crippen LogP contribution in [0.1, 0.15) is 17.7 Å². The Kier molecular flexibility index (Phi) is 5.05. The molecule has 1 fully saturated rings. The van der Waals surface area contributed by atoms with Crippen LogP contribution < -0.4 is 14.8 Å². The third kappa shape index (κ3) is 3.87. The van der Waals surface area contributed by atoms with E-state index in [2.05, 4.69) is 10.5 Å². The summed E-state index contributed by atoms with van der Waals surface area (Å²) in [6.45, 7) is 2.11. The average molecular weight is 417 g/mol. The third-order valence-corrected chi connectivity index (χ3v) is 5.40. The van der Waals surface area contributed by atoms with Gasteiger partial charge in [0.25, 0.3) is 5.91 Å². The van der Waals surface area contributed by atoms with E-state index in [1.54, 1.807) is 25.1 Å². The molecule has 0 radical (unpaired) electrons. The minimum absolute atomic E-state index is 0.0929. The number of carbonyl (C=O) groups excluding carboxylic acids is 2.